The van der Waals surface area contributed by atoms with Gasteiger partial charge in [-0.1, -0.05) is 11.6 Å². The van der Waals surface area contributed by atoms with Gasteiger partial charge in [0, 0.05) is 16.5 Å². The molecule has 0 saturated heterocycles. The summed E-state index contributed by atoms with van der Waals surface area (Å²) in [4.78, 5) is 15.0. The molecule has 0 unspecified atom stereocenters. The first-order chi connectivity index (χ1) is 15.5. The zero-order valence-electron chi connectivity index (χ0n) is 17.2. The van der Waals surface area contributed by atoms with E-state index in [1.165, 1.54) is 18.2 Å². The topological polar surface area (TPSA) is 51.6 Å². The number of pyridine rings is 4. The van der Waals surface area contributed by atoms with Gasteiger partial charge in [0.15, 0.2) is 0 Å². The zero-order valence-corrected chi connectivity index (χ0v) is 17.9. The maximum atomic E-state index is 14.5. The molecule has 0 aliphatic rings. The molecule has 4 nitrogen and oxygen atoms in total. The largest absolute Gasteiger partial charge is 0.252 e. The maximum absolute atomic E-state index is 14.5. The first-order valence-electron chi connectivity index (χ1n) is 9.55. The van der Waals surface area contributed by atoms with Gasteiger partial charge in [-0.3, -0.25) is 9.97 Å². The number of hydrogen-bond acceptors (Lipinski definition) is 4. The van der Waals surface area contributed by atoms with Crippen LogP contribution in [0.5, 0.6) is 0 Å². The summed E-state index contributed by atoms with van der Waals surface area (Å²) in [7, 11) is 0. The van der Waals surface area contributed by atoms with Gasteiger partial charge in [-0.15, -0.1) is 0 Å². The number of halogens is 6. The van der Waals surface area contributed by atoms with Gasteiger partial charge in [-0.05, 0) is 56.3 Å². The monoisotopic (exact) mass is 476 g/mol. The van der Waals surface area contributed by atoms with Gasteiger partial charge >= 0.3 is 0 Å². The second-order valence-electron chi connectivity index (χ2n) is 7.68. The molecule has 0 aliphatic heterocycles. The van der Waals surface area contributed by atoms with Crippen LogP contribution >= 0.6 is 11.6 Å². The maximum Gasteiger partial charge on any atom is 0.224 e. The average molecular weight is 477 g/mol. The highest BCUT2D eigenvalue weighted by Crippen LogP contribution is 2.35. The Morgan fingerprint density at radius 2 is 1.12 bits per heavy atom. The van der Waals surface area contributed by atoms with Crippen molar-refractivity contribution >= 4 is 11.6 Å². The Hall–Kier alpha value is -3.46. The molecule has 4 aromatic heterocycles. The second-order valence-corrected chi connectivity index (χ2v) is 8.12. The van der Waals surface area contributed by atoms with Crippen molar-refractivity contribution in [1.29, 1.82) is 0 Å². The molecule has 0 aromatic carbocycles. The van der Waals surface area contributed by atoms with Gasteiger partial charge in [0.1, 0.15) is 5.82 Å². The van der Waals surface area contributed by atoms with Crippen LogP contribution < -0.4 is 0 Å². The Labute approximate surface area is 190 Å². The van der Waals surface area contributed by atoms with E-state index in [0.717, 1.165) is 30.3 Å². The summed E-state index contributed by atoms with van der Waals surface area (Å²) in [5.41, 5.74) is -0.935. The SMILES string of the molecule is CC(C)(c1cc(F)cc(-c2ccc(F)nc2F)n1)c1cc(Cl)cc(-c2ccc(F)nc2F)n1. The molecular weight excluding hydrogens is 463 g/mol. The molecule has 0 N–H and O–H groups in total. The number of nitrogens with zero attached hydrogens (tertiary/aromatic N) is 4. The summed E-state index contributed by atoms with van der Waals surface area (Å²) < 4.78 is 69.3. The lowest BCUT2D eigenvalue weighted by atomic mass is 9.84. The highest BCUT2D eigenvalue weighted by Gasteiger charge is 2.29. The van der Waals surface area contributed by atoms with E-state index in [1.807, 2.05) is 0 Å². The van der Waals surface area contributed by atoms with Crippen LogP contribution in [0, 0.1) is 29.6 Å². The van der Waals surface area contributed by atoms with Crippen LogP contribution in [0.4, 0.5) is 22.0 Å². The molecule has 0 radical (unpaired) electrons. The van der Waals surface area contributed by atoms with Gasteiger partial charge in [-0.25, -0.2) is 4.39 Å². The van der Waals surface area contributed by atoms with Crippen molar-refractivity contribution in [1.82, 2.24) is 19.9 Å². The molecule has 0 fully saturated rings. The fraction of sp³-hybridized carbons (Fsp3) is 0.130. The van der Waals surface area contributed by atoms with E-state index in [-0.39, 0.29) is 38.9 Å². The molecule has 0 amide bonds. The molecule has 0 bridgehead atoms. The van der Waals surface area contributed by atoms with Crippen molar-refractivity contribution in [3.8, 4) is 22.5 Å². The van der Waals surface area contributed by atoms with Crippen molar-refractivity contribution < 1.29 is 22.0 Å². The van der Waals surface area contributed by atoms with Crippen LogP contribution in [0.25, 0.3) is 22.5 Å². The van der Waals surface area contributed by atoms with Gasteiger partial charge in [0.25, 0.3) is 0 Å². The minimum absolute atomic E-state index is 0.0803. The van der Waals surface area contributed by atoms with Gasteiger partial charge in [0.2, 0.25) is 23.8 Å². The summed E-state index contributed by atoms with van der Waals surface area (Å²) >= 11 is 6.23. The van der Waals surface area contributed by atoms with Crippen molar-refractivity contribution in [2.24, 2.45) is 0 Å². The molecule has 4 heterocycles. The molecule has 0 saturated carbocycles. The Bertz CT molecular complexity index is 1270. The Balaban J connectivity index is 1.83. The summed E-state index contributed by atoms with van der Waals surface area (Å²) in [5, 5.41) is 0.192. The van der Waals surface area contributed by atoms with E-state index in [4.69, 9.17) is 11.6 Å². The van der Waals surface area contributed by atoms with Gasteiger partial charge in [0.05, 0.1) is 33.9 Å². The van der Waals surface area contributed by atoms with E-state index >= 15 is 0 Å². The third-order valence-electron chi connectivity index (χ3n) is 5.04. The van der Waals surface area contributed by atoms with Crippen molar-refractivity contribution in [3.63, 3.8) is 0 Å². The Morgan fingerprint density at radius 3 is 1.64 bits per heavy atom. The van der Waals surface area contributed by atoms with Crippen LogP contribution in [-0.4, -0.2) is 19.9 Å². The predicted molar refractivity (Wildman–Crippen MR) is 112 cm³/mol. The Morgan fingerprint density at radius 1 is 0.636 bits per heavy atom. The van der Waals surface area contributed by atoms with Crippen LogP contribution in [0.15, 0.2) is 48.5 Å². The van der Waals surface area contributed by atoms with Crippen molar-refractivity contribution in [2.45, 2.75) is 19.3 Å². The summed E-state index contributed by atoms with van der Waals surface area (Å²) in [6.07, 6.45) is 0. The van der Waals surface area contributed by atoms with Crippen LogP contribution in [0.1, 0.15) is 25.2 Å². The number of aromatic nitrogens is 4. The number of hydrogen-bond donors (Lipinski definition) is 0. The quantitative estimate of drug-likeness (QED) is 0.257. The van der Waals surface area contributed by atoms with E-state index in [1.54, 1.807) is 13.8 Å². The lowest BCUT2D eigenvalue weighted by Crippen LogP contribution is -2.23. The number of rotatable bonds is 4. The molecule has 0 spiro atoms. The Kier molecular flexibility index (Phi) is 5.84. The fourth-order valence-corrected chi connectivity index (χ4v) is 3.46. The molecule has 4 rings (SSSR count). The highest BCUT2D eigenvalue weighted by atomic mass is 35.5. The molecule has 0 aliphatic carbocycles. The lowest BCUT2D eigenvalue weighted by Gasteiger charge is -2.25. The van der Waals surface area contributed by atoms with Crippen molar-refractivity contribution in [2.75, 3.05) is 0 Å². The third kappa shape index (κ3) is 4.54. The molecule has 10 heteroatoms. The third-order valence-corrected chi connectivity index (χ3v) is 5.26. The van der Waals surface area contributed by atoms with Crippen LogP contribution in [-0.2, 0) is 5.41 Å². The molecule has 168 valence electrons. The van der Waals surface area contributed by atoms with Crippen LogP contribution in [0.2, 0.25) is 5.02 Å². The van der Waals surface area contributed by atoms with E-state index in [9.17, 15) is 22.0 Å². The summed E-state index contributed by atoms with van der Waals surface area (Å²) in [6.45, 7) is 3.33. The molecular formula is C23H14ClF5N4. The smallest absolute Gasteiger partial charge is 0.224 e. The van der Waals surface area contributed by atoms with Crippen LogP contribution in [0.3, 0.4) is 0 Å². The lowest BCUT2D eigenvalue weighted by molar-refractivity contribution is 0.514. The molecule has 4 aromatic rings. The van der Waals surface area contributed by atoms with E-state index < -0.39 is 35.0 Å². The normalized spacial score (nSPS) is 11.6. The fourth-order valence-electron chi connectivity index (χ4n) is 3.25. The van der Waals surface area contributed by atoms with Gasteiger partial charge in [-0.2, -0.15) is 27.5 Å². The first kappa shape index (κ1) is 22.7. The second kappa shape index (κ2) is 8.47. The van der Waals surface area contributed by atoms with E-state index in [2.05, 4.69) is 19.9 Å². The van der Waals surface area contributed by atoms with Gasteiger partial charge < -0.3 is 0 Å². The minimum Gasteiger partial charge on any atom is -0.252 e. The average Bonchev–Trinajstić information content (AvgIpc) is 2.72. The van der Waals surface area contributed by atoms with Crippen molar-refractivity contribution in [3.05, 3.63) is 94.5 Å². The zero-order chi connectivity index (χ0) is 23.9. The highest BCUT2D eigenvalue weighted by molar-refractivity contribution is 6.30. The first-order valence-corrected chi connectivity index (χ1v) is 9.93. The minimum atomic E-state index is -1.14. The summed E-state index contributed by atoms with van der Waals surface area (Å²) in [6, 6.07) is 9.21. The standard InChI is InChI=1S/C23H14ClF5N4/c1-23(2,17-8-11(24)7-15(30-17)13-3-5-19(26)32-21(13)28)18-10-12(25)9-16(31-18)14-4-6-20(27)33-22(14)29/h3-10H,1-2H3. The molecule has 0 atom stereocenters. The van der Waals surface area contributed by atoms with E-state index in [0.29, 0.717) is 0 Å². The molecule has 33 heavy (non-hydrogen) atoms. The predicted octanol–water partition coefficient (Wildman–Crippen LogP) is 6.28. The summed E-state index contributed by atoms with van der Waals surface area (Å²) in [5.74, 6) is -4.94.